The zero-order valence-corrected chi connectivity index (χ0v) is 7.05. The summed E-state index contributed by atoms with van der Waals surface area (Å²) >= 11 is 0. The summed E-state index contributed by atoms with van der Waals surface area (Å²) in [7, 11) is 0. The summed E-state index contributed by atoms with van der Waals surface area (Å²) in [5.41, 5.74) is 1.27. The number of hydrogen-bond acceptors (Lipinski definition) is 1. The van der Waals surface area contributed by atoms with Gasteiger partial charge in [0.25, 0.3) is 0 Å². The van der Waals surface area contributed by atoms with E-state index in [2.05, 4.69) is 6.58 Å². The van der Waals surface area contributed by atoms with E-state index in [9.17, 15) is 5.21 Å². The molecule has 0 radical (unpaired) electrons. The molecule has 62 valence electrons. The van der Waals surface area contributed by atoms with Gasteiger partial charge in [-0.3, -0.25) is 0 Å². The van der Waals surface area contributed by atoms with Crippen LogP contribution in [0.3, 0.4) is 0 Å². The van der Waals surface area contributed by atoms with Gasteiger partial charge in [0.1, 0.15) is 6.54 Å². The van der Waals surface area contributed by atoms with Crippen molar-refractivity contribution in [2.45, 2.75) is 19.8 Å². The lowest BCUT2D eigenvalue weighted by atomic mass is 10.1. The molecule has 0 saturated carbocycles. The van der Waals surface area contributed by atoms with Gasteiger partial charge in [0, 0.05) is 6.42 Å². The SMILES string of the molecule is C=C[N+]1([O-])CCCC(=CC)C1. The minimum absolute atomic E-state index is 0.236. The van der Waals surface area contributed by atoms with Crippen molar-refractivity contribution in [3.05, 3.63) is 29.6 Å². The van der Waals surface area contributed by atoms with Gasteiger partial charge in [-0.2, -0.15) is 0 Å². The molecule has 0 aromatic rings. The summed E-state index contributed by atoms with van der Waals surface area (Å²) in [4.78, 5) is 0. The van der Waals surface area contributed by atoms with Gasteiger partial charge in [-0.15, -0.1) is 0 Å². The Morgan fingerprint density at radius 3 is 2.91 bits per heavy atom. The monoisotopic (exact) mass is 153 g/mol. The molecule has 1 unspecified atom stereocenters. The molecule has 0 aliphatic carbocycles. The molecule has 0 bridgehead atoms. The molecule has 1 heterocycles. The first-order valence-corrected chi connectivity index (χ1v) is 4.05. The van der Waals surface area contributed by atoms with Crippen LogP contribution >= 0.6 is 0 Å². The van der Waals surface area contributed by atoms with Crippen molar-refractivity contribution in [3.63, 3.8) is 0 Å². The molecule has 0 amide bonds. The summed E-state index contributed by atoms with van der Waals surface area (Å²) < 4.78 is -0.236. The number of rotatable bonds is 1. The van der Waals surface area contributed by atoms with E-state index in [1.54, 1.807) is 0 Å². The molecule has 1 aliphatic heterocycles. The molecule has 1 rings (SSSR count). The molecule has 1 fully saturated rings. The van der Waals surface area contributed by atoms with E-state index >= 15 is 0 Å². The van der Waals surface area contributed by atoms with Crippen LogP contribution in [0.2, 0.25) is 0 Å². The molecule has 0 N–H and O–H groups in total. The fraction of sp³-hybridized carbons (Fsp3) is 0.556. The Kier molecular flexibility index (Phi) is 2.47. The highest BCUT2D eigenvalue weighted by molar-refractivity contribution is 5.03. The molecule has 0 spiro atoms. The van der Waals surface area contributed by atoms with Gasteiger partial charge < -0.3 is 9.85 Å². The Morgan fingerprint density at radius 2 is 2.36 bits per heavy atom. The Hall–Kier alpha value is -0.600. The quantitative estimate of drug-likeness (QED) is 0.321. The summed E-state index contributed by atoms with van der Waals surface area (Å²) in [5, 5.41) is 11.6. The van der Waals surface area contributed by atoms with E-state index < -0.39 is 0 Å². The van der Waals surface area contributed by atoms with Gasteiger partial charge in [-0.25, -0.2) is 0 Å². The Bertz CT molecular complexity index is 186. The average Bonchev–Trinajstić information content (AvgIpc) is 2.05. The third-order valence-electron chi connectivity index (χ3n) is 2.25. The Labute approximate surface area is 68.0 Å². The second-order valence-corrected chi connectivity index (χ2v) is 3.07. The number of hydroxylamine groups is 3. The van der Waals surface area contributed by atoms with E-state index in [1.807, 2.05) is 13.0 Å². The van der Waals surface area contributed by atoms with Gasteiger partial charge in [-0.05, 0) is 25.5 Å². The molecular weight excluding hydrogens is 138 g/mol. The third-order valence-corrected chi connectivity index (χ3v) is 2.25. The highest BCUT2D eigenvalue weighted by Gasteiger charge is 2.20. The van der Waals surface area contributed by atoms with Crippen LogP contribution < -0.4 is 0 Å². The molecule has 1 aliphatic rings. The highest BCUT2D eigenvalue weighted by atomic mass is 16.5. The van der Waals surface area contributed by atoms with Crippen LogP contribution in [0.1, 0.15) is 19.8 Å². The number of piperidine rings is 1. The summed E-state index contributed by atoms with van der Waals surface area (Å²) in [5.74, 6) is 0. The molecule has 0 aromatic carbocycles. The number of likely N-dealkylation sites (tertiary alicyclic amines) is 1. The van der Waals surface area contributed by atoms with Crippen LogP contribution in [0, 0.1) is 5.21 Å². The summed E-state index contributed by atoms with van der Waals surface area (Å²) in [6.07, 6.45) is 5.64. The van der Waals surface area contributed by atoms with Crippen molar-refractivity contribution in [1.29, 1.82) is 0 Å². The standard InChI is InChI=1S/C9H15NO/c1-3-9-6-5-7-10(11,4-2)8-9/h3-4H,2,5-8H2,1H3. The van der Waals surface area contributed by atoms with E-state index in [1.165, 1.54) is 11.8 Å². The summed E-state index contributed by atoms with van der Waals surface area (Å²) in [6.45, 7) is 6.86. The van der Waals surface area contributed by atoms with E-state index in [0.717, 1.165) is 12.8 Å². The van der Waals surface area contributed by atoms with Crippen molar-refractivity contribution < 1.29 is 4.65 Å². The number of nitrogens with zero attached hydrogens (tertiary/aromatic N) is 1. The van der Waals surface area contributed by atoms with Gasteiger partial charge in [0.15, 0.2) is 0 Å². The van der Waals surface area contributed by atoms with Gasteiger partial charge in [0.05, 0.1) is 12.7 Å². The topological polar surface area (TPSA) is 23.1 Å². The predicted molar refractivity (Wildman–Crippen MR) is 46.5 cm³/mol. The lowest BCUT2D eigenvalue weighted by molar-refractivity contribution is -0.827. The molecule has 1 saturated heterocycles. The van der Waals surface area contributed by atoms with Crippen LogP contribution in [0.15, 0.2) is 24.4 Å². The largest absolute Gasteiger partial charge is 0.628 e. The van der Waals surface area contributed by atoms with Gasteiger partial charge in [0.2, 0.25) is 0 Å². The smallest absolute Gasteiger partial charge is 0.104 e. The van der Waals surface area contributed by atoms with Crippen molar-refractivity contribution in [3.8, 4) is 0 Å². The van der Waals surface area contributed by atoms with E-state index in [-0.39, 0.29) is 4.65 Å². The first-order valence-electron chi connectivity index (χ1n) is 4.05. The molecule has 2 nitrogen and oxygen atoms in total. The van der Waals surface area contributed by atoms with Crippen molar-refractivity contribution in [2.75, 3.05) is 13.1 Å². The van der Waals surface area contributed by atoms with Crippen LogP contribution in [-0.4, -0.2) is 17.7 Å². The fourth-order valence-corrected chi connectivity index (χ4v) is 1.47. The zero-order chi connectivity index (χ0) is 8.32. The minimum atomic E-state index is -0.236. The van der Waals surface area contributed by atoms with Crippen LogP contribution in [0.25, 0.3) is 0 Å². The van der Waals surface area contributed by atoms with Crippen LogP contribution in [-0.2, 0) is 0 Å². The maximum atomic E-state index is 11.6. The molecule has 0 aromatic heterocycles. The second kappa shape index (κ2) is 3.20. The maximum Gasteiger partial charge on any atom is 0.104 e. The van der Waals surface area contributed by atoms with Gasteiger partial charge in [-0.1, -0.05) is 6.08 Å². The van der Waals surface area contributed by atoms with E-state index in [0.29, 0.717) is 13.1 Å². The first kappa shape index (κ1) is 8.50. The average molecular weight is 153 g/mol. The molecule has 2 heteroatoms. The predicted octanol–water partition coefficient (Wildman–Crippen LogP) is 2.18. The second-order valence-electron chi connectivity index (χ2n) is 3.07. The van der Waals surface area contributed by atoms with E-state index in [4.69, 9.17) is 0 Å². The summed E-state index contributed by atoms with van der Waals surface area (Å²) in [6, 6.07) is 0. The van der Waals surface area contributed by atoms with Crippen molar-refractivity contribution >= 4 is 0 Å². The molecule has 11 heavy (non-hydrogen) atoms. The number of allylic oxidation sites excluding steroid dienone is 1. The van der Waals surface area contributed by atoms with Crippen LogP contribution in [0.4, 0.5) is 0 Å². The van der Waals surface area contributed by atoms with Gasteiger partial charge >= 0.3 is 0 Å². The molecular formula is C9H15NO. The maximum absolute atomic E-state index is 11.6. The van der Waals surface area contributed by atoms with Crippen molar-refractivity contribution in [2.24, 2.45) is 0 Å². The zero-order valence-electron chi connectivity index (χ0n) is 7.05. The normalized spacial score (nSPS) is 35.6. The Morgan fingerprint density at radius 1 is 1.64 bits per heavy atom. The minimum Gasteiger partial charge on any atom is -0.628 e. The van der Waals surface area contributed by atoms with Crippen molar-refractivity contribution in [1.82, 2.24) is 0 Å². The number of quaternary nitrogens is 1. The lowest BCUT2D eigenvalue weighted by Gasteiger charge is -2.42. The first-order chi connectivity index (χ1) is 5.20. The Balaban J connectivity index is 2.66. The number of hydrogen-bond donors (Lipinski definition) is 0. The molecule has 1 atom stereocenters. The third kappa shape index (κ3) is 1.91. The van der Waals surface area contributed by atoms with Crippen LogP contribution in [0.5, 0.6) is 0 Å². The highest BCUT2D eigenvalue weighted by Crippen LogP contribution is 2.21. The fourth-order valence-electron chi connectivity index (χ4n) is 1.47. The lowest BCUT2D eigenvalue weighted by Crippen LogP contribution is -2.41.